The van der Waals surface area contributed by atoms with Gasteiger partial charge in [-0.25, -0.2) is 14.8 Å². The Morgan fingerprint density at radius 3 is 2.66 bits per heavy atom. The number of hydrogen-bond donors (Lipinski definition) is 4. The van der Waals surface area contributed by atoms with Gasteiger partial charge in [0.25, 0.3) is 0 Å². The van der Waals surface area contributed by atoms with Gasteiger partial charge in [0.1, 0.15) is 76.6 Å². The van der Waals surface area contributed by atoms with Gasteiger partial charge in [-0.3, -0.25) is 14.7 Å². The molecular formula is C43H43N6O7+. The molecule has 0 radical (unpaired) electrons. The monoisotopic (exact) mass is 755 g/mol. The van der Waals surface area contributed by atoms with Gasteiger partial charge in [0, 0.05) is 41.3 Å². The van der Waals surface area contributed by atoms with Gasteiger partial charge in [-0.05, 0) is 88.3 Å². The minimum absolute atomic E-state index is 0.0832. The molecule has 286 valence electrons. The fourth-order valence-electron chi connectivity index (χ4n) is 9.78. The maximum absolute atomic E-state index is 14.5. The third-order valence-corrected chi connectivity index (χ3v) is 12.3. The number of phenolic OH excluding ortho intramolecular Hbond substituents is 1. The van der Waals surface area contributed by atoms with Crippen molar-refractivity contribution in [1.29, 1.82) is 0 Å². The SMILES string of the molecule is Cc1cc(=O)c2c(O)c3c(cc2o1)OC(C)(C)[C@@H]1OC(=O)[C@]2(O[C@@H]2CCc2cc(N)nc(-c4cc(N)nc(C[NH+]5C=C6C=CN=C6C5)c4)c2)[C@@H]2C=C[C@H](CC2)[C@@H]31. The zero-order chi connectivity index (χ0) is 38.7. The Kier molecular flexibility index (Phi) is 7.65. The first-order valence-electron chi connectivity index (χ1n) is 19.3. The minimum Gasteiger partial charge on any atom is -0.507 e. The van der Waals surface area contributed by atoms with Crippen molar-refractivity contribution in [3.63, 3.8) is 0 Å². The first kappa shape index (κ1) is 34.7. The molecule has 56 heavy (non-hydrogen) atoms. The van der Waals surface area contributed by atoms with Crippen molar-refractivity contribution in [2.75, 3.05) is 18.0 Å². The summed E-state index contributed by atoms with van der Waals surface area (Å²) in [6, 6.07) is 10.7. The number of nitrogens with zero attached hydrogens (tertiary/aromatic N) is 3. The second-order valence-corrected chi connectivity index (χ2v) is 16.5. The topological polar surface area (TPSA) is 193 Å². The van der Waals surface area contributed by atoms with Gasteiger partial charge in [-0.15, -0.1) is 0 Å². The molecule has 13 nitrogen and oxygen atoms in total. The molecule has 0 saturated carbocycles. The standard InChI is InChI=1S/C43H42N6O7/c1-21-12-30(50)37-31(53-21)17-32-38(39(37)51)36-23-5-7-26(8-6-23)43(41(52)54-40(36)42(2,3)55-32)33(56-43)9-4-22-13-28(48-34(44)14-22)25-15-27(47-35(45)16-25)19-49-18-24-10-11-46-29(24)20-49/h5,7,10-18,23,26,33,36,40,51H,4,6,8-9,19-20H2,1-3H3,(H2,44,48)(H2,45,47)/p+1/t23-,26-,33-,36+,40-,43+/m1/s1. The molecule has 3 aromatic heterocycles. The lowest BCUT2D eigenvalue weighted by atomic mass is 9.69. The Bertz CT molecular complexity index is 2560. The first-order valence-corrected chi connectivity index (χ1v) is 19.3. The number of fused-ring (bicyclic) bond motifs is 5. The third kappa shape index (κ3) is 5.54. The van der Waals surface area contributed by atoms with E-state index in [2.05, 4.69) is 33.3 Å². The molecule has 1 aromatic carbocycles. The molecule has 6 N–H and O–H groups in total. The number of anilines is 2. The normalized spacial score (nSPS) is 29.1. The number of hydrogen-bond acceptors (Lipinski definition) is 12. The summed E-state index contributed by atoms with van der Waals surface area (Å²) in [6.45, 7) is 6.91. The van der Waals surface area contributed by atoms with Crippen LogP contribution in [0.3, 0.4) is 0 Å². The van der Waals surface area contributed by atoms with Crippen molar-refractivity contribution in [2.24, 2.45) is 16.8 Å². The van der Waals surface area contributed by atoms with Gasteiger partial charge in [0.2, 0.25) is 0 Å². The third-order valence-electron chi connectivity index (χ3n) is 12.3. The summed E-state index contributed by atoms with van der Waals surface area (Å²) in [7, 11) is 0. The number of nitrogens with two attached hydrogens (primary N) is 2. The highest BCUT2D eigenvalue weighted by Crippen LogP contribution is 2.58. The number of nitrogen functional groups attached to an aromatic ring is 2. The van der Waals surface area contributed by atoms with Crippen molar-refractivity contribution >= 4 is 34.3 Å². The highest BCUT2D eigenvalue weighted by atomic mass is 16.7. The van der Waals surface area contributed by atoms with Crippen LogP contribution in [0.5, 0.6) is 11.5 Å². The number of pyridine rings is 2. The average Bonchev–Trinajstić information content (AvgIpc) is 3.48. The number of carbonyl (C=O) groups is 1. The van der Waals surface area contributed by atoms with E-state index in [0.717, 1.165) is 41.1 Å². The van der Waals surface area contributed by atoms with E-state index in [1.165, 1.54) is 11.0 Å². The zero-order valence-electron chi connectivity index (χ0n) is 31.4. The Hall–Kier alpha value is -5.79. The van der Waals surface area contributed by atoms with E-state index < -0.39 is 29.2 Å². The van der Waals surface area contributed by atoms with Gasteiger partial charge < -0.3 is 35.2 Å². The second kappa shape index (κ2) is 12.4. The predicted octanol–water partition coefficient (Wildman–Crippen LogP) is 4.21. The first-order chi connectivity index (χ1) is 26.9. The Labute approximate surface area is 322 Å². The van der Waals surface area contributed by atoms with Crippen LogP contribution in [-0.4, -0.2) is 56.7 Å². The zero-order valence-corrected chi connectivity index (χ0v) is 31.4. The lowest BCUT2D eigenvalue weighted by molar-refractivity contribution is -0.848. The smallest absolute Gasteiger partial charge is 0.342 e. The summed E-state index contributed by atoms with van der Waals surface area (Å²) in [5.74, 6) is 0.261. The van der Waals surface area contributed by atoms with Crippen LogP contribution in [0, 0.1) is 18.8 Å². The van der Waals surface area contributed by atoms with E-state index in [9.17, 15) is 14.7 Å². The summed E-state index contributed by atoms with van der Waals surface area (Å²) in [4.78, 5) is 42.5. The molecule has 2 bridgehead atoms. The van der Waals surface area contributed by atoms with Gasteiger partial charge in [-0.2, -0.15) is 0 Å². The Morgan fingerprint density at radius 1 is 1.02 bits per heavy atom. The molecule has 13 heteroatoms. The number of aliphatic imine (C=N–C) groups is 1. The van der Waals surface area contributed by atoms with Gasteiger partial charge in [0.15, 0.2) is 11.0 Å². The molecule has 4 aromatic rings. The molecule has 11 rings (SSSR count). The van der Waals surface area contributed by atoms with Crippen LogP contribution in [-0.2, 0) is 27.2 Å². The fourth-order valence-corrected chi connectivity index (χ4v) is 9.78. The quantitative estimate of drug-likeness (QED) is 0.125. The number of phenols is 1. The van der Waals surface area contributed by atoms with Crippen LogP contribution in [0.4, 0.5) is 11.6 Å². The molecule has 2 saturated heterocycles. The number of epoxide rings is 1. The minimum atomic E-state index is -1.15. The number of quaternary nitrogens is 1. The fraction of sp³-hybridized carbons (Fsp3) is 0.372. The summed E-state index contributed by atoms with van der Waals surface area (Å²) < 4.78 is 25.2. The lowest BCUT2D eigenvalue weighted by Crippen LogP contribution is -3.05. The van der Waals surface area contributed by atoms with Crippen LogP contribution in [0.2, 0.25) is 0 Å². The molecular weight excluding hydrogens is 713 g/mol. The number of aromatic hydroxyl groups is 1. The van der Waals surface area contributed by atoms with E-state index in [-0.39, 0.29) is 40.1 Å². The van der Waals surface area contributed by atoms with E-state index in [1.54, 1.807) is 13.0 Å². The molecule has 0 amide bonds. The second-order valence-electron chi connectivity index (χ2n) is 16.5. The molecule has 1 spiro atoms. The number of aromatic nitrogens is 2. The van der Waals surface area contributed by atoms with Crippen LogP contribution in [0.15, 0.2) is 86.8 Å². The number of carbonyl (C=O) groups excluding carboxylic acids is 1. The van der Waals surface area contributed by atoms with Crippen LogP contribution in [0.25, 0.3) is 22.2 Å². The maximum Gasteiger partial charge on any atom is 0.342 e. The molecule has 1 unspecified atom stereocenters. The number of benzene rings is 1. The van der Waals surface area contributed by atoms with Crippen molar-refractivity contribution in [3.8, 4) is 22.8 Å². The number of rotatable bonds is 6. The van der Waals surface area contributed by atoms with E-state index in [0.29, 0.717) is 60.2 Å². The Balaban J connectivity index is 0.903. The molecule has 1 aliphatic carbocycles. The number of nitrogens with one attached hydrogen (secondary N) is 1. The van der Waals surface area contributed by atoms with Crippen LogP contribution < -0.4 is 26.5 Å². The number of aryl methyl sites for hydroxylation is 2. The number of allylic oxidation sites excluding steroid dienone is 2. The lowest BCUT2D eigenvalue weighted by Gasteiger charge is -2.46. The van der Waals surface area contributed by atoms with Crippen molar-refractivity contribution < 1.29 is 33.4 Å². The highest BCUT2D eigenvalue weighted by Gasteiger charge is 2.69. The largest absolute Gasteiger partial charge is 0.507 e. The van der Waals surface area contributed by atoms with E-state index >= 15 is 0 Å². The number of ether oxygens (including phenoxy) is 3. The Morgan fingerprint density at radius 2 is 1.86 bits per heavy atom. The van der Waals surface area contributed by atoms with Crippen molar-refractivity contribution in [3.05, 3.63) is 105 Å². The van der Waals surface area contributed by atoms with E-state index in [1.807, 2.05) is 50.4 Å². The average molecular weight is 756 g/mol. The van der Waals surface area contributed by atoms with Crippen molar-refractivity contribution in [1.82, 2.24) is 9.97 Å². The van der Waals surface area contributed by atoms with Gasteiger partial charge >= 0.3 is 5.97 Å². The van der Waals surface area contributed by atoms with Gasteiger partial charge in [-0.1, -0.05) is 12.2 Å². The molecule has 6 aliphatic heterocycles. The molecule has 2 fully saturated rings. The maximum atomic E-state index is 14.5. The highest BCUT2D eigenvalue weighted by molar-refractivity contribution is 6.06. The van der Waals surface area contributed by atoms with Crippen molar-refractivity contribution in [2.45, 2.75) is 82.3 Å². The predicted molar refractivity (Wildman–Crippen MR) is 208 cm³/mol. The summed E-state index contributed by atoms with van der Waals surface area (Å²) >= 11 is 0. The summed E-state index contributed by atoms with van der Waals surface area (Å²) in [5, 5.41) is 11.8. The van der Waals surface area contributed by atoms with E-state index in [4.69, 9.17) is 30.1 Å². The molecule has 9 heterocycles. The number of esters is 1. The summed E-state index contributed by atoms with van der Waals surface area (Å²) in [5.41, 5.74) is 16.5. The van der Waals surface area contributed by atoms with Crippen LogP contribution in [0.1, 0.15) is 61.6 Å². The molecule has 7 atom stereocenters. The summed E-state index contributed by atoms with van der Waals surface area (Å²) in [6.07, 6.45) is 11.6. The van der Waals surface area contributed by atoms with Gasteiger partial charge in [0.05, 0.1) is 23.1 Å². The van der Waals surface area contributed by atoms with Crippen LogP contribution >= 0.6 is 0 Å². The molecule has 7 aliphatic rings.